The number of aryl methyl sites for hydroxylation is 1. The molecule has 1 aromatic carbocycles. The number of benzene rings is 1. The molecule has 0 unspecified atom stereocenters. The number of thioether (sulfide) groups is 1. The van der Waals surface area contributed by atoms with Gasteiger partial charge in [0.2, 0.25) is 0 Å². The van der Waals surface area contributed by atoms with Gasteiger partial charge in [-0.25, -0.2) is 4.98 Å². The Kier molecular flexibility index (Phi) is 3.66. The summed E-state index contributed by atoms with van der Waals surface area (Å²) in [5, 5.41) is 0. The van der Waals surface area contributed by atoms with Gasteiger partial charge in [-0.05, 0) is 36.8 Å². The summed E-state index contributed by atoms with van der Waals surface area (Å²) in [6.45, 7) is 2.05. The Labute approximate surface area is 126 Å². The molecule has 0 spiro atoms. The van der Waals surface area contributed by atoms with Crippen molar-refractivity contribution in [3.8, 4) is 0 Å². The fraction of sp³-hybridized carbons (Fsp3) is 0.125. The van der Waals surface area contributed by atoms with Gasteiger partial charge in [-0.3, -0.25) is 9.20 Å². The quantitative estimate of drug-likeness (QED) is 0.596. The van der Waals surface area contributed by atoms with Gasteiger partial charge >= 0.3 is 0 Å². The standard InChI is InChI=1S/C16H15N3OS/c1-11-5-6-12(17)8-14(11)21-10-13-9-16(20)19-7-3-2-4-15(19)18-13/h2-9H,10,17H2,1H3. The van der Waals surface area contributed by atoms with Gasteiger partial charge in [0.1, 0.15) is 5.65 Å². The first-order chi connectivity index (χ1) is 10.1. The number of hydrogen-bond acceptors (Lipinski definition) is 4. The Balaban J connectivity index is 1.88. The van der Waals surface area contributed by atoms with E-state index >= 15 is 0 Å². The molecule has 0 radical (unpaired) electrons. The van der Waals surface area contributed by atoms with Gasteiger partial charge < -0.3 is 5.73 Å². The van der Waals surface area contributed by atoms with Crippen LogP contribution < -0.4 is 11.3 Å². The van der Waals surface area contributed by atoms with Crippen molar-refractivity contribution in [1.29, 1.82) is 0 Å². The number of nitrogens with two attached hydrogens (primary N) is 1. The molecule has 3 rings (SSSR count). The van der Waals surface area contributed by atoms with Crippen molar-refractivity contribution in [1.82, 2.24) is 9.38 Å². The molecule has 0 bridgehead atoms. The van der Waals surface area contributed by atoms with E-state index in [-0.39, 0.29) is 5.56 Å². The largest absolute Gasteiger partial charge is 0.399 e. The number of aromatic nitrogens is 2. The molecule has 2 heterocycles. The minimum absolute atomic E-state index is 0.0551. The maximum Gasteiger partial charge on any atom is 0.258 e. The van der Waals surface area contributed by atoms with Crippen molar-refractivity contribution in [2.45, 2.75) is 17.6 Å². The minimum Gasteiger partial charge on any atom is -0.399 e. The van der Waals surface area contributed by atoms with Crippen molar-refractivity contribution in [2.75, 3.05) is 5.73 Å². The lowest BCUT2D eigenvalue weighted by molar-refractivity contribution is 1.01. The molecule has 21 heavy (non-hydrogen) atoms. The van der Waals surface area contributed by atoms with E-state index in [0.29, 0.717) is 11.4 Å². The normalized spacial score (nSPS) is 10.9. The summed E-state index contributed by atoms with van der Waals surface area (Å²) < 4.78 is 1.54. The van der Waals surface area contributed by atoms with E-state index in [2.05, 4.69) is 4.98 Å². The highest BCUT2D eigenvalue weighted by molar-refractivity contribution is 7.98. The Morgan fingerprint density at radius 2 is 2.10 bits per heavy atom. The van der Waals surface area contributed by atoms with Crippen molar-refractivity contribution in [2.24, 2.45) is 0 Å². The van der Waals surface area contributed by atoms with Crippen LogP contribution in [0.3, 0.4) is 0 Å². The zero-order chi connectivity index (χ0) is 14.8. The lowest BCUT2D eigenvalue weighted by Gasteiger charge is -2.07. The van der Waals surface area contributed by atoms with Crippen LogP contribution in [0.4, 0.5) is 5.69 Å². The molecule has 0 aliphatic rings. The highest BCUT2D eigenvalue weighted by atomic mass is 32.2. The molecule has 0 fully saturated rings. The van der Waals surface area contributed by atoms with Crippen LogP contribution in [0.1, 0.15) is 11.3 Å². The number of nitrogen functional groups attached to an aromatic ring is 1. The van der Waals surface area contributed by atoms with E-state index in [0.717, 1.165) is 16.3 Å². The molecule has 5 heteroatoms. The van der Waals surface area contributed by atoms with Crippen LogP contribution >= 0.6 is 11.8 Å². The van der Waals surface area contributed by atoms with Gasteiger partial charge in [0.15, 0.2) is 0 Å². The predicted octanol–water partition coefficient (Wildman–Crippen LogP) is 2.88. The molecule has 0 atom stereocenters. The first kappa shape index (κ1) is 13.7. The van der Waals surface area contributed by atoms with Crippen LogP contribution in [0.5, 0.6) is 0 Å². The summed E-state index contributed by atoms with van der Waals surface area (Å²) in [7, 11) is 0. The van der Waals surface area contributed by atoms with Gasteiger partial charge in [0, 0.05) is 28.6 Å². The summed E-state index contributed by atoms with van der Waals surface area (Å²) in [6, 6.07) is 13.0. The van der Waals surface area contributed by atoms with E-state index < -0.39 is 0 Å². The first-order valence-corrected chi connectivity index (χ1v) is 7.58. The average molecular weight is 297 g/mol. The summed E-state index contributed by atoms with van der Waals surface area (Å²) in [6.07, 6.45) is 1.73. The number of hydrogen-bond donors (Lipinski definition) is 1. The summed E-state index contributed by atoms with van der Waals surface area (Å²) in [5.41, 5.74) is 9.12. The van der Waals surface area contributed by atoms with Crippen LogP contribution in [-0.2, 0) is 5.75 Å². The Morgan fingerprint density at radius 1 is 1.24 bits per heavy atom. The van der Waals surface area contributed by atoms with Gasteiger partial charge in [-0.2, -0.15) is 0 Å². The average Bonchev–Trinajstić information content (AvgIpc) is 2.48. The SMILES string of the molecule is Cc1ccc(N)cc1SCc1cc(=O)n2ccccc2n1. The zero-order valence-corrected chi connectivity index (χ0v) is 12.4. The third kappa shape index (κ3) is 2.92. The monoisotopic (exact) mass is 297 g/mol. The van der Waals surface area contributed by atoms with E-state index in [1.807, 2.05) is 43.3 Å². The Bertz CT molecular complexity index is 858. The molecule has 0 aliphatic heterocycles. The second-order valence-corrected chi connectivity index (χ2v) is 5.85. The summed E-state index contributed by atoms with van der Waals surface area (Å²) in [5.74, 6) is 0.644. The lowest BCUT2D eigenvalue weighted by atomic mass is 10.2. The molecule has 0 saturated carbocycles. The molecule has 0 aliphatic carbocycles. The van der Waals surface area contributed by atoms with Crippen LogP contribution in [0.25, 0.3) is 5.65 Å². The van der Waals surface area contributed by atoms with Gasteiger partial charge in [-0.15, -0.1) is 11.8 Å². The van der Waals surface area contributed by atoms with Gasteiger partial charge in [0.25, 0.3) is 5.56 Å². The lowest BCUT2D eigenvalue weighted by Crippen LogP contribution is -2.14. The molecule has 0 amide bonds. The third-order valence-electron chi connectivity index (χ3n) is 3.21. The molecule has 2 N–H and O–H groups in total. The van der Waals surface area contributed by atoms with E-state index in [9.17, 15) is 4.79 Å². The Hall–Kier alpha value is -2.27. The molecule has 2 aromatic heterocycles. The second kappa shape index (κ2) is 5.61. The molecule has 4 nitrogen and oxygen atoms in total. The van der Waals surface area contributed by atoms with E-state index in [4.69, 9.17) is 5.73 Å². The number of fused-ring (bicyclic) bond motifs is 1. The fourth-order valence-corrected chi connectivity index (χ4v) is 3.07. The van der Waals surface area contributed by atoms with Crippen LogP contribution in [-0.4, -0.2) is 9.38 Å². The van der Waals surface area contributed by atoms with Crippen molar-refractivity contribution >= 4 is 23.1 Å². The van der Waals surface area contributed by atoms with Gasteiger partial charge in [0.05, 0.1) is 5.69 Å². The number of anilines is 1. The molecule has 3 aromatic rings. The summed E-state index contributed by atoms with van der Waals surface area (Å²) >= 11 is 1.64. The first-order valence-electron chi connectivity index (χ1n) is 6.60. The highest BCUT2D eigenvalue weighted by Gasteiger charge is 2.05. The number of nitrogens with zero attached hydrogens (tertiary/aromatic N) is 2. The van der Waals surface area contributed by atoms with Crippen molar-refractivity contribution in [3.63, 3.8) is 0 Å². The van der Waals surface area contributed by atoms with E-state index in [1.54, 1.807) is 28.4 Å². The predicted molar refractivity (Wildman–Crippen MR) is 86.6 cm³/mol. The second-order valence-electron chi connectivity index (χ2n) is 4.83. The molecule has 0 saturated heterocycles. The van der Waals surface area contributed by atoms with Gasteiger partial charge in [-0.1, -0.05) is 12.1 Å². The number of rotatable bonds is 3. The smallest absolute Gasteiger partial charge is 0.258 e. The molecular formula is C16H15N3OS. The maximum absolute atomic E-state index is 12.0. The highest BCUT2D eigenvalue weighted by Crippen LogP contribution is 2.27. The minimum atomic E-state index is -0.0551. The fourth-order valence-electron chi connectivity index (χ4n) is 2.10. The van der Waals surface area contributed by atoms with E-state index in [1.165, 1.54) is 5.56 Å². The summed E-state index contributed by atoms with van der Waals surface area (Å²) in [4.78, 5) is 17.7. The van der Waals surface area contributed by atoms with Crippen LogP contribution in [0.2, 0.25) is 0 Å². The van der Waals surface area contributed by atoms with Crippen LogP contribution in [0, 0.1) is 6.92 Å². The number of pyridine rings is 1. The third-order valence-corrected chi connectivity index (χ3v) is 4.40. The van der Waals surface area contributed by atoms with Crippen molar-refractivity contribution in [3.05, 3.63) is 70.3 Å². The Morgan fingerprint density at radius 3 is 2.95 bits per heavy atom. The zero-order valence-electron chi connectivity index (χ0n) is 11.6. The topological polar surface area (TPSA) is 60.4 Å². The van der Waals surface area contributed by atoms with Crippen molar-refractivity contribution < 1.29 is 0 Å². The maximum atomic E-state index is 12.0. The van der Waals surface area contributed by atoms with Crippen LogP contribution in [0.15, 0.2) is 58.4 Å². The molecule has 106 valence electrons. The molecular weight excluding hydrogens is 282 g/mol.